The van der Waals surface area contributed by atoms with Gasteiger partial charge in [0.15, 0.2) is 0 Å². The van der Waals surface area contributed by atoms with Crippen LogP contribution in [0.2, 0.25) is 10.0 Å². The zero-order valence-corrected chi connectivity index (χ0v) is 12.4. The summed E-state index contributed by atoms with van der Waals surface area (Å²) < 4.78 is 3.98. The molecule has 1 unspecified atom stereocenters. The zero-order valence-electron chi connectivity index (χ0n) is 10.0. The third-order valence-corrected chi connectivity index (χ3v) is 4.23. The second-order valence-electron chi connectivity index (χ2n) is 4.33. The van der Waals surface area contributed by atoms with Gasteiger partial charge in [-0.2, -0.15) is 0 Å². The third-order valence-electron chi connectivity index (χ3n) is 2.67. The van der Waals surface area contributed by atoms with Gasteiger partial charge in [0.1, 0.15) is 0 Å². The Bertz CT molecular complexity index is 554. The lowest BCUT2D eigenvalue weighted by molar-refractivity contribution is 0.771. The van der Waals surface area contributed by atoms with Crippen molar-refractivity contribution < 1.29 is 0 Å². The van der Waals surface area contributed by atoms with Crippen molar-refractivity contribution in [2.24, 2.45) is 5.73 Å². The van der Waals surface area contributed by atoms with Crippen LogP contribution in [0.3, 0.4) is 0 Å². The largest absolute Gasteiger partial charge is 0.319 e. The average Bonchev–Trinajstić information content (AvgIpc) is 2.81. The molecule has 0 saturated carbocycles. The monoisotopic (exact) mass is 301 g/mol. The van der Waals surface area contributed by atoms with Gasteiger partial charge in [-0.3, -0.25) is 0 Å². The van der Waals surface area contributed by atoms with Crippen LogP contribution in [0.1, 0.15) is 41.9 Å². The summed E-state index contributed by atoms with van der Waals surface area (Å²) in [5.41, 5.74) is 8.10. The molecule has 0 aliphatic rings. The molecule has 3 nitrogen and oxygen atoms in total. The minimum atomic E-state index is -0.267. The second-order valence-corrected chi connectivity index (χ2v) is 5.93. The van der Waals surface area contributed by atoms with Crippen molar-refractivity contribution in [1.29, 1.82) is 0 Å². The van der Waals surface area contributed by atoms with Crippen LogP contribution in [0.5, 0.6) is 0 Å². The predicted molar refractivity (Wildman–Crippen MR) is 76.5 cm³/mol. The lowest BCUT2D eigenvalue weighted by Crippen LogP contribution is -2.13. The third kappa shape index (κ3) is 2.67. The summed E-state index contributed by atoms with van der Waals surface area (Å²) in [6, 6.07) is 5.15. The summed E-state index contributed by atoms with van der Waals surface area (Å²) in [5.74, 6) is 0.299. The maximum Gasteiger partial charge on any atom is 0.0832 e. The molecule has 2 aromatic rings. The molecular weight excluding hydrogens is 289 g/mol. The molecule has 1 aromatic carbocycles. The Balaban J connectivity index is 2.38. The van der Waals surface area contributed by atoms with E-state index < -0.39 is 0 Å². The number of aromatic nitrogens is 2. The maximum atomic E-state index is 6.25. The molecule has 0 saturated heterocycles. The van der Waals surface area contributed by atoms with E-state index in [1.807, 2.05) is 6.07 Å². The van der Waals surface area contributed by atoms with Gasteiger partial charge >= 0.3 is 0 Å². The molecule has 1 atom stereocenters. The lowest BCUT2D eigenvalue weighted by atomic mass is 10.0. The van der Waals surface area contributed by atoms with Crippen LogP contribution in [0.4, 0.5) is 0 Å². The minimum absolute atomic E-state index is 0.267. The quantitative estimate of drug-likeness (QED) is 0.931. The highest BCUT2D eigenvalue weighted by molar-refractivity contribution is 7.05. The first-order valence-corrected chi connectivity index (χ1v) is 7.06. The number of benzene rings is 1. The van der Waals surface area contributed by atoms with Gasteiger partial charge in [0.05, 0.1) is 26.7 Å². The van der Waals surface area contributed by atoms with E-state index in [9.17, 15) is 0 Å². The van der Waals surface area contributed by atoms with E-state index >= 15 is 0 Å². The van der Waals surface area contributed by atoms with Gasteiger partial charge in [0, 0.05) is 0 Å². The smallest absolute Gasteiger partial charge is 0.0832 e. The first-order chi connectivity index (χ1) is 8.50. The second kappa shape index (κ2) is 5.53. The minimum Gasteiger partial charge on any atom is -0.319 e. The zero-order chi connectivity index (χ0) is 13.3. The van der Waals surface area contributed by atoms with Crippen LogP contribution in [0.15, 0.2) is 18.2 Å². The van der Waals surface area contributed by atoms with E-state index in [-0.39, 0.29) is 6.04 Å². The van der Waals surface area contributed by atoms with Crippen molar-refractivity contribution >= 4 is 34.7 Å². The fraction of sp³-hybridized carbons (Fsp3) is 0.333. The Labute approximate surface area is 120 Å². The van der Waals surface area contributed by atoms with Crippen LogP contribution in [0.25, 0.3) is 0 Å². The highest BCUT2D eigenvalue weighted by atomic mass is 35.5. The highest BCUT2D eigenvalue weighted by Gasteiger charge is 2.20. The van der Waals surface area contributed by atoms with Gasteiger partial charge in [-0.15, -0.1) is 5.10 Å². The molecule has 0 radical (unpaired) electrons. The summed E-state index contributed by atoms with van der Waals surface area (Å²) in [4.78, 5) is 0.975. The van der Waals surface area contributed by atoms with Crippen molar-refractivity contribution in [2.45, 2.75) is 25.8 Å². The first-order valence-electron chi connectivity index (χ1n) is 5.53. The fourth-order valence-corrected chi connectivity index (χ4v) is 2.82. The van der Waals surface area contributed by atoms with Gasteiger partial charge in [0.25, 0.3) is 0 Å². The summed E-state index contributed by atoms with van der Waals surface area (Å²) in [6.45, 7) is 4.14. The van der Waals surface area contributed by atoms with Crippen molar-refractivity contribution in [2.75, 3.05) is 0 Å². The maximum absolute atomic E-state index is 6.25. The van der Waals surface area contributed by atoms with Crippen molar-refractivity contribution in [3.05, 3.63) is 44.4 Å². The number of hydrogen-bond donors (Lipinski definition) is 1. The van der Waals surface area contributed by atoms with Crippen LogP contribution in [0, 0.1) is 0 Å². The molecule has 6 heteroatoms. The number of nitrogens with two attached hydrogens (primary N) is 1. The van der Waals surface area contributed by atoms with E-state index in [4.69, 9.17) is 28.9 Å². The highest BCUT2D eigenvalue weighted by Crippen LogP contribution is 2.32. The Hall–Kier alpha value is -0.680. The number of rotatable bonds is 3. The number of nitrogens with zero attached hydrogens (tertiary/aromatic N) is 2. The van der Waals surface area contributed by atoms with Crippen LogP contribution >= 0.6 is 34.7 Å². The van der Waals surface area contributed by atoms with E-state index in [1.54, 1.807) is 12.1 Å². The number of hydrogen-bond acceptors (Lipinski definition) is 4. The Morgan fingerprint density at radius 3 is 2.56 bits per heavy atom. The van der Waals surface area contributed by atoms with Gasteiger partial charge in [-0.1, -0.05) is 47.6 Å². The summed E-state index contributed by atoms with van der Waals surface area (Å²) in [6.07, 6.45) is 0. The topological polar surface area (TPSA) is 51.8 Å². The predicted octanol–water partition coefficient (Wildman–Crippen LogP) is 4.02. The Morgan fingerprint density at radius 2 is 1.94 bits per heavy atom. The normalized spacial score (nSPS) is 13.0. The summed E-state index contributed by atoms with van der Waals surface area (Å²) in [7, 11) is 0. The fourth-order valence-electron chi connectivity index (χ4n) is 1.68. The molecule has 1 aromatic heterocycles. The van der Waals surface area contributed by atoms with Crippen molar-refractivity contribution in [1.82, 2.24) is 9.59 Å². The number of halogens is 2. The molecule has 0 aliphatic heterocycles. The Morgan fingerprint density at radius 1 is 1.22 bits per heavy atom. The molecule has 2 rings (SSSR count). The molecular formula is C12H13Cl2N3S. The standard InChI is InChI=1S/C12H13Cl2N3S/c1-6(2)11-12(18-17-16-11)10(15)7-3-4-8(13)9(14)5-7/h3-6,10H,15H2,1-2H3. The van der Waals surface area contributed by atoms with Gasteiger partial charge < -0.3 is 5.73 Å². The molecule has 0 aliphatic carbocycles. The van der Waals surface area contributed by atoms with E-state index in [0.717, 1.165) is 16.1 Å². The van der Waals surface area contributed by atoms with Gasteiger partial charge in [-0.25, -0.2) is 0 Å². The van der Waals surface area contributed by atoms with Crippen molar-refractivity contribution in [3.63, 3.8) is 0 Å². The van der Waals surface area contributed by atoms with Gasteiger partial charge in [-0.05, 0) is 35.1 Å². The molecule has 0 bridgehead atoms. The molecule has 2 N–H and O–H groups in total. The molecule has 0 amide bonds. The Kier molecular flexibility index (Phi) is 4.22. The van der Waals surface area contributed by atoms with E-state index in [2.05, 4.69) is 23.4 Å². The van der Waals surface area contributed by atoms with Gasteiger partial charge in [0.2, 0.25) is 0 Å². The average molecular weight is 302 g/mol. The van der Waals surface area contributed by atoms with Crippen LogP contribution in [-0.4, -0.2) is 9.59 Å². The molecule has 96 valence electrons. The van der Waals surface area contributed by atoms with E-state index in [1.165, 1.54) is 11.5 Å². The first kappa shape index (κ1) is 13.7. The SMILES string of the molecule is CC(C)c1nnsc1C(N)c1ccc(Cl)c(Cl)c1. The van der Waals surface area contributed by atoms with Crippen LogP contribution < -0.4 is 5.73 Å². The summed E-state index contributed by atoms with van der Waals surface area (Å²) >= 11 is 13.2. The van der Waals surface area contributed by atoms with Crippen LogP contribution in [-0.2, 0) is 0 Å². The molecule has 0 fully saturated rings. The molecule has 1 heterocycles. The van der Waals surface area contributed by atoms with E-state index in [0.29, 0.717) is 16.0 Å². The summed E-state index contributed by atoms with van der Waals surface area (Å²) in [5, 5.41) is 5.17. The molecule has 18 heavy (non-hydrogen) atoms. The molecule has 0 spiro atoms. The lowest BCUT2D eigenvalue weighted by Gasteiger charge is -2.13. The van der Waals surface area contributed by atoms with Crippen molar-refractivity contribution in [3.8, 4) is 0 Å².